The van der Waals surface area contributed by atoms with Crippen molar-refractivity contribution in [2.24, 2.45) is 0 Å². The summed E-state index contributed by atoms with van der Waals surface area (Å²) in [5.74, 6) is -0.125. The third-order valence-corrected chi connectivity index (χ3v) is 7.21. The molecule has 0 aliphatic carbocycles. The van der Waals surface area contributed by atoms with Gasteiger partial charge in [-0.15, -0.1) is 0 Å². The summed E-state index contributed by atoms with van der Waals surface area (Å²) >= 11 is 0. The second-order valence-electron chi connectivity index (χ2n) is 8.52. The molecule has 1 fully saturated rings. The van der Waals surface area contributed by atoms with Crippen LogP contribution in [0.1, 0.15) is 23.2 Å². The first-order valence-corrected chi connectivity index (χ1v) is 12.6. The van der Waals surface area contributed by atoms with Crippen molar-refractivity contribution in [3.05, 3.63) is 77.9 Å². The minimum Gasteiger partial charge on any atom is -0.497 e. The van der Waals surface area contributed by atoms with Crippen LogP contribution in [0.2, 0.25) is 0 Å². The number of aryl methyl sites for hydroxylation is 3. The Balaban J connectivity index is 1.44. The predicted molar refractivity (Wildman–Crippen MR) is 126 cm³/mol. The maximum Gasteiger partial charge on any atom is 0.297 e. The Morgan fingerprint density at radius 2 is 1.85 bits per heavy atom. The molecule has 0 radical (unpaired) electrons. The van der Waals surface area contributed by atoms with E-state index in [4.69, 9.17) is 18.4 Å². The number of hydrogen-bond acceptors (Lipinski definition) is 7. The van der Waals surface area contributed by atoms with Gasteiger partial charge in [-0.05, 0) is 50.1 Å². The van der Waals surface area contributed by atoms with Gasteiger partial charge in [0.1, 0.15) is 11.9 Å². The minimum atomic E-state index is -3.88. The lowest BCUT2D eigenvalue weighted by Gasteiger charge is -2.29. The number of rotatable bonds is 10. The number of benzene rings is 2. The molecule has 182 valence electrons. The van der Waals surface area contributed by atoms with Crippen LogP contribution in [-0.2, 0) is 36.7 Å². The van der Waals surface area contributed by atoms with Crippen molar-refractivity contribution >= 4 is 10.1 Å². The molecule has 8 nitrogen and oxygen atoms in total. The van der Waals surface area contributed by atoms with Crippen molar-refractivity contribution in [1.29, 1.82) is 0 Å². The van der Waals surface area contributed by atoms with Gasteiger partial charge in [0, 0.05) is 18.3 Å². The number of ether oxygens (including phenoxy) is 3. The molecular weight excluding hydrogens is 456 g/mol. The normalized spacial score (nSPS) is 20.5. The van der Waals surface area contributed by atoms with Crippen molar-refractivity contribution in [2.75, 3.05) is 20.3 Å². The average Bonchev–Trinajstić information content (AvgIpc) is 3.43. The highest BCUT2D eigenvalue weighted by atomic mass is 32.2. The van der Waals surface area contributed by atoms with Gasteiger partial charge in [-0.1, -0.05) is 29.8 Å². The number of aromatic nitrogens is 2. The van der Waals surface area contributed by atoms with Crippen LogP contribution < -0.4 is 4.74 Å². The standard InChI is InChI=1S/C25H30N2O6S/c1-19-4-10-24(11-5-19)34(28,29)32-16-23-15-31-25(33-23,17-27-18-26-14-20(27)2)13-12-21-6-8-22(30-3)9-7-21/h4-11,14,18,23H,12-13,15-17H2,1-3H3/t23-,25-/m1/s1. The first kappa shape index (κ1) is 24.4. The molecule has 0 spiro atoms. The molecule has 2 heterocycles. The van der Waals surface area contributed by atoms with Gasteiger partial charge in [-0.25, -0.2) is 4.98 Å². The third-order valence-electron chi connectivity index (χ3n) is 5.92. The molecule has 1 saturated heterocycles. The van der Waals surface area contributed by atoms with Crippen LogP contribution in [-0.4, -0.2) is 50.2 Å². The summed E-state index contributed by atoms with van der Waals surface area (Å²) in [6.07, 6.45) is 4.30. The Kier molecular flexibility index (Phi) is 7.37. The molecule has 2 atom stereocenters. The van der Waals surface area contributed by atoms with Gasteiger partial charge in [0.05, 0.1) is 38.1 Å². The van der Waals surface area contributed by atoms with Crippen molar-refractivity contribution in [3.8, 4) is 5.75 Å². The Bertz CT molecular complexity index is 1190. The topological polar surface area (TPSA) is 88.9 Å². The number of imidazole rings is 1. The fraction of sp³-hybridized carbons (Fsp3) is 0.400. The van der Waals surface area contributed by atoms with Crippen LogP contribution in [0.25, 0.3) is 0 Å². The van der Waals surface area contributed by atoms with E-state index in [9.17, 15) is 8.42 Å². The van der Waals surface area contributed by atoms with Crippen LogP contribution in [0.15, 0.2) is 66.0 Å². The smallest absolute Gasteiger partial charge is 0.297 e. The molecule has 2 aromatic carbocycles. The van der Waals surface area contributed by atoms with Gasteiger partial charge in [0.15, 0.2) is 5.79 Å². The molecule has 3 aromatic rings. The summed E-state index contributed by atoms with van der Waals surface area (Å²) in [6, 6.07) is 14.4. The van der Waals surface area contributed by atoms with Crippen molar-refractivity contribution in [2.45, 2.75) is 50.0 Å². The SMILES string of the molecule is COc1ccc(CC[C@@]2(Cn3cncc3C)OC[C@H](COS(=O)(=O)c3ccc(C)cc3)O2)cc1. The zero-order valence-electron chi connectivity index (χ0n) is 19.6. The van der Waals surface area contributed by atoms with Crippen LogP contribution in [0, 0.1) is 13.8 Å². The summed E-state index contributed by atoms with van der Waals surface area (Å²) in [5.41, 5.74) is 3.08. The predicted octanol–water partition coefficient (Wildman–Crippen LogP) is 3.66. The molecule has 34 heavy (non-hydrogen) atoms. The number of nitrogens with zero attached hydrogens (tertiary/aromatic N) is 2. The van der Waals surface area contributed by atoms with Crippen molar-refractivity contribution in [3.63, 3.8) is 0 Å². The highest BCUT2D eigenvalue weighted by molar-refractivity contribution is 7.86. The van der Waals surface area contributed by atoms with Crippen LogP contribution in [0.4, 0.5) is 0 Å². The molecule has 0 N–H and O–H groups in total. The molecule has 9 heteroatoms. The average molecular weight is 487 g/mol. The van der Waals surface area contributed by atoms with E-state index in [1.165, 1.54) is 12.1 Å². The second-order valence-corrected chi connectivity index (χ2v) is 10.1. The molecule has 1 aliphatic rings. The van der Waals surface area contributed by atoms with Gasteiger partial charge in [0.25, 0.3) is 10.1 Å². The molecule has 0 bridgehead atoms. The zero-order chi connectivity index (χ0) is 24.2. The summed E-state index contributed by atoms with van der Waals surface area (Å²) in [4.78, 5) is 4.32. The van der Waals surface area contributed by atoms with E-state index in [-0.39, 0.29) is 18.1 Å². The Hall–Kier alpha value is -2.72. The van der Waals surface area contributed by atoms with Gasteiger partial charge < -0.3 is 18.8 Å². The monoisotopic (exact) mass is 486 g/mol. The highest BCUT2D eigenvalue weighted by Gasteiger charge is 2.42. The summed E-state index contributed by atoms with van der Waals surface area (Å²) in [6.45, 7) is 4.42. The number of methoxy groups -OCH3 is 1. The fourth-order valence-electron chi connectivity index (χ4n) is 3.87. The first-order valence-electron chi connectivity index (χ1n) is 11.2. The first-order chi connectivity index (χ1) is 16.3. The maximum atomic E-state index is 12.6. The van der Waals surface area contributed by atoms with E-state index in [0.29, 0.717) is 19.4 Å². The molecule has 0 unspecified atom stereocenters. The largest absolute Gasteiger partial charge is 0.497 e. The molecule has 1 aliphatic heterocycles. The van der Waals surface area contributed by atoms with Gasteiger partial charge in [-0.2, -0.15) is 8.42 Å². The van der Waals surface area contributed by atoms with Crippen molar-refractivity contribution < 1.29 is 26.8 Å². The number of hydrogen-bond donors (Lipinski definition) is 0. The van der Waals surface area contributed by atoms with E-state index in [1.807, 2.05) is 42.7 Å². The lowest BCUT2D eigenvalue weighted by atomic mass is 10.0. The Labute approximate surface area is 200 Å². The highest BCUT2D eigenvalue weighted by Crippen LogP contribution is 2.32. The van der Waals surface area contributed by atoms with Gasteiger partial charge in [0.2, 0.25) is 0 Å². The molecule has 0 saturated carbocycles. The molecule has 1 aromatic heterocycles. The lowest BCUT2D eigenvalue weighted by Crippen LogP contribution is -2.37. The van der Waals surface area contributed by atoms with Gasteiger partial charge in [-0.3, -0.25) is 4.18 Å². The maximum absolute atomic E-state index is 12.6. The van der Waals surface area contributed by atoms with E-state index in [1.54, 1.807) is 31.8 Å². The van der Waals surface area contributed by atoms with Crippen molar-refractivity contribution in [1.82, 2.24) is 9.55 Å². The van der Waals surface area contributed by atoms with Crippen LogP contribution >= 0.6 is 0 Å². The fourth-order valence-corrected chi connectivity index (χ4v) is 4.81. The summed E-state index contributed by atoms with van der Waals surface area (Å²) in [5, 5.41) is 0. The molecular formula is C25H30N2O6S. The van der Waals surface area contributed by atoms with Crippen LogP contribution in [0.5, 0.6) is 5.75 Å². The zero-order valence-corrected chi connectivity index (χ0v) is 20.5. The quantitative estimate of drug-likeness (QED) is 0.404. The van der Waals surface area contributed by atoms with E-state index in [0.717, 1.165) is 22.6 Å². The second kappa shape index (κ2) is 10.3. The van der Waals surface area contributed by atoms with Gasteiger partial charge >= 0.3 is 0 Å². The summed E-state index contributed by atoms with van der Waals surface area (Å²) in [7, 11) is -2.25. The van der Waals surface area contributed by atoms with E-state index in [2.05, 4.69) is 4.98 Å². The summed E-state index contributed by atoms with van der Waals surface area (Å²) < 4.78 is 50.2. The van der Waals surface area contributed by atoms with E-state index < -0.39 is 22.0 Å². The Morgan fingerprint density at radius 3 is 2.50 bits per heavy atom. The Morgan fingerprint density at radius 1 is 1.12 bits per heavy atom. The van der Waals surface area contributed by atoms with Crippen LogP contribution in [0.3, 0.4) is 0 Å². The molecule has 4 rings (SSSR count). The minimum absolute atomic E-state index is 0.122. The lowest BCUT2D eigenvalue weighted by molar-refractivity contribution is -0.184. The molecule has 0 amide bonds. The third kappa shape index (κ3) is 5.85. The van der Waals surface area contributed by atoms with E-state index >= 15 is 0 Å².